The lowest BCUT2D eigenvalue weighted by Crippen LogP contribution is -2.11. The normalized spacial score (nSPS) is 11.8. The van der Waals surface area contributed by atoms with E-state index in [-0.39, 0.29) is 0 Å². The van der Waals surface area contributed by atoms with Gasteiger partial charge < -0.3 is 13.9 Å². The number of furan rings is 1. The summed E-state index contributed by atoms with van der Waals surface area (Å²) in [6.07, 6.45) is 0. The molecule has 13 aromatic rings. The van der Waals surface area contributed by atoms with Crippen molar-refractivity contribution >= 4 is 93.1 Å². The van der Waals surface area contributed by atoms with Gasteiger partial charge >= 0.3 is 0 Å². The Balaban J connectivity index is 0.978. The summed E-state index contributed by atoms with van der Waals surface area (Å²) in [5, 5.41) is 12.0. The van der Waals surface area contributed by atoms with Crippen LogP contribution in [0.15, 0.2) is 235 Å². The SMILES string of the molecule is c1cc(-c2ccc(N(c3ccc4c(ccc5ccccc54)c3)c3ccccc3-c3cccc4oc5c6ccccc6ccc5c34)cc2)cc(-n2c3ccccc3c3ccccc32)c1. The Hall–Kier alpha value is -8.40. The summed E-state index contributed by atoms with van der Waals surface area (Å²) >= 11 is 0. The lowest BCUT2D eigenvalue weighted by atomic mass is 9.95. The summed E-state index contributed by atoms with van der Waals surface area (Å²) in [4.78, 5) is 2.42. The number of rotatable bonds is 6. The fourth-order valence-electron chi connectivity index (χ4n) is 10.1. The molecule has 3 heteroatoms. The number of anilines is 3. The summed E-state index contributed by atoms with van der Waals surface area (Å²) in [5.41, 5.74) is 13.2. The van der Waals surface area contributed by atoms with E-state index in [4.69, 9.17) is 4.42 Å². The molecule has 13 rings (SSSR count). The van der Waals surface area contributed by atoms with Crippen molar-refractivity contribution < 1.29 is 4.42 Å². The van der Waals surface area contributed by atoms with E-state index in [0.717, 1.165) is 72.3 Å². The Morgan fingerprint density at radius 2 is 0.937 bits per heavy atom. The highest BCUT2D eigenvalue weighted by molar-refractivity contribution is 6.20. The van der Waals surface area contributed by atoms with Gasteiger partial charge in [-0.15, -0.1) is 0 Å². The Kier molecular flexibility index (Phi) is 7.91. The molecule has 63 heavy (non-hydrogen) atoms. The van der Waals surface area contributed by atoms with Crippen LogP contribution in [0.25, 0.3) is 104 Å². The standard InChI is InChI=1S/C60H38N2O/c1-3-17-47-40(13-1)27-28-43-38-46(34-36-48(43)47)61(55-23-8-7-21-52(55)53-22-12-26-58-59(53)54-35-31-41-14-2-4-18-49(41)60(54)63-58)44-32-29-39(30-33-44)42-15-11-16-45(37-42)62-56-24-9-5-19-50(56)51-20-6-10-25-57(51)62/h1-38H. The van der Waals surface area contributed by atoms with Crippen LogP contribution in [0.5, 0.6) is 0 Å². The average Bonchev–Trinajstić information content (AvgIpc) is 3.91. The van der Waals surface area contributed by atoms with Crippen molar-refractivity contribution in [1.29, 1.82) is 0 Å². The van der Waals surface area contributed by atoms with Crippen molar-refractivity contribution in [2.75, 3.05) is 4.90 Å². The second-order valence-corrected chi connectivity index (χ2v) is 16.5. The van der Waals surface area contributed by atoms with Crippen LogP contribution in [-0.2, 0) is 0 Å². The molecule has 0 saturated carbocycles. The fraction of sp³-hybridized carbons (Fsp3) is 0. The summed E-state index contributed by atoms with van der Waals surface area (Å²) in [5.74, 6) is 0. The van der Waals surface area contributed by atoms with Gasteiger partial charge in [-0.3, -0.25) is 0 Å². The third kappa shape index (κ3) is 5.60. The molecule has 294 valence electrons. The Morgan fingerprint density at radius 3 is 1.75 bits per heavy atom. The summed E-state index contributed by atoms with van der Waals surface area (Å²) in [6, 6.07) is 83.5. The van der Waals surface area contributed by atoms with Gasteiger partial charge in [-0.05, 0) is 110 Å². The Bertz CT molecular complexity index is 3870. The van der Waals surface area contributed by atoms with Crippen LogP contribution in [0.2, 0.25) is 0 Å². The number of hydrogen-bond acceptors (Lipinski definition) is 2. The highest BCUT2D eigenvalue weighted by Crippen LogP contribution is 2.46. The predicted octanol–water partition coefficient (Wildman–Crippen LogP) is 16.9. The topological polar surface area (TPSA) is 21.3 Å². The molecule has 0 fully saturated rings. The van der Waals surface area contributed by atoms with Crippen molar-refractivity contribution in [3.05, 3.63) is 231 Å². The van der Waals surface area contributed by atoms with Gasteiger partial charge in [-0.25, -0.2) is 0 Å². The first-order valence-corrected chi connectivity index (χ1v) is 21.6. The fourth-order valence-corrected chi connectivity index (χ4v) is 10.1. The third-order valence-electron chi connectivity index (χ3n) is 13.0. The van der Waals surface area contributed by atoms with Gasteiger partial charge in [0.25, 0.3) is 0 Å². The van der Waals surface area contributed by atoms with E-state index in [9.17, 15) is 0 Å². The molecule has 0 amide bonds. The van der Waals surface area contributed by atoms with Gasteiger partial charge in [0.2, 0.25) is 0 Å². The molecule has 0 unspecified atom stereocenters. The van der Waals surface area contributed by atoms with Gasteiger partial charge in [0.15, 0.2) is 0 Å². The third-order valence-corrected chi connectivity index (χ3v) is 13.0. The van der Waals surface area contributed by atoms with Gasteiger partial charge in [0.1, 0.15) is 11.2 Å². The highest BCUT2D eigenvalue weighted by atomic mass is 16.3. The zero-order chi connectivity index (χ0) is 41.4. The lowest BCUT2D eigenvalue weighted by Gasteiger charge is -2.28. The molecule has 0 bridgehead atoms. The number of hydrogen-bond donors (Lipinski definition) is 0. The Labute approximate surface area is 363 Å². The molecule has 11 aromatic carbocycles. The molecule has 0 atom stereocenters. The molecular weight excluding hydrogens is 765 g/mol. The molecule has 2 heterocycles. The summed E-state index contributed by atoms with van der Waals surface area (Å²) in [6.45, 7) is 0. The van der Waals surface area contributed by atoms with Gasteiger partial charge in [0, 0.05) is 49.6 Å². The maximum atomic E-state index is 6.70. The zero-order valence-electron chi connectivity index (χ0n) is 34.2. The van der Waals surface area contributed by atoms with Crippen molar-refractivity contribution in [2.45, 2.75) is 0 Å². The first kappa shape index (κ1) is 35.4. The molecule has 0 aliphatic heterocycles. The van der Waals surface area contributed by atoms with Crippen LogP contribution in [0.4, 0.5) is 17.1 Å². The second-order valence-electron chi connectivity index (χ2n) is 16.5. The number of benzene rings is 11. The van der Waals surface area contributed by atoms with Crippen molar-refractivity contribution in [3.63, 3.8) is 0 Å². The minimum Gasteiger partial charge on any atom is -0.455 e. The van der Waals surface area contributed by atoms with Crippen molar-refractivity contribution in [3.8, 4) is 27.9 Å². The van der Waals surface area contributed by atoms with Crippen LogP contribution < -0.4 is 4.90 Å². The average molecular weight is 803 g/mol. The van der Waals surface area contributed by atoms with Crippen LogP contribution >= 0.6 is 0 Å². The predicted molar refractivity (Wildman–Crippen MR) is 266 cm³/mol. The van der Waals surface area contributed by atoms with E-state index in [1.54, 1.807) is 0 Å². The van der Waals surface area contributed by atoms with Crippen molar-refractivity contribution in [2.24, 2.45) is 0 Å². The molecule has 0 aliphatic rings. The van der Waals surface area contributed by atoms with E-state index < -0.39 is 0 Å². The zero-order valence-corrected chi connectivity index (χ0v) is 34.2. The number of nitrogens with zero attached hydrogens (tertiary/aromatic N) is 2. The molecular formula is C60H38N2O. The number of para-hydroxylation sites is 3. The van der Waals surface area contributed by atoms with Gasteiger partial charge in [0.05, 0.1) is 16.7 Å². The van der Waals surface area contributed by atoms with E-state index in [2.05, 4.69) is 240 Å². The van der Waals surface area contributed by atoms with E-state index in [0.29, 0.717) is 0 Å². The number of fused-ring (bicyclic) bond motifs is 11. The molecule has 3 nitrogen and oxygen atoms in total. The molecule has 0 radical (unpaired) electrons. The minimum atomic E-state index is 0.880. The van der Waals surface area contributed by atoms with Crippen molar-refractivity contribution in [1.82, 2.24) is 4.57 Å². The smallest absolute Gasteiger partial charge is 0.143 e. The van der Waals surface area contributed by atoms with Crippen LogP contribution in [-0.4, -0.2) is 4.57 Å². The second kappa shape index (κ2) is 14.1. The maximum Gasteiger partial charge on any atom is 0.143 e. The summed E-state index contributed by atoms with van der Waals surface area (Å²) in [7, 11) is 0. The first-order valence-electron chi connectivity index (χ1n) is 21.6. The lowest BCUT2D eigenvalue weighted by molar-refractivity contribution is 0.673. The van der Waals surface area contributed by atoms with Gasteiger partial charge in [-0.1, -0.05) is 164 Å². The van der Waals surface area contributed by atoms with Gasteiger partial charge in [-0.2, -0.15) is 0 Å². The van der Waals surface area contributed by atoms with Crippen LogP contribution in [0, 0.1) is 0 Å². The number of aromatic nitrogens is 1. The first-order chi connectivity index (χ1) is 31.2. The molecule has 2 aromatic heterocycles. The summed E-state index contributed by atoms with van der Waals surface area (Å²) < 4.78 is 9.08. The van der Waals surface area contributed by atoms with Crippen LogP contribution in [0.3, 0.4) is 0 Å². The largest absolute Gasteiger partial charge is 0.455 e. The Morgan fingerprint density at radius 1 is 0.349 bits per heavy atom. The molecule has 0 N–H and O–H groups in total. The quantitative estimate of drug-likeness (QED) is 0.156. The van der Waals surface area contributed by atoms with E-state index in [1.807, 2.05) is 0 Å². The molecule has 0 aliphatic carbocycles. The molecule has 0 saturated heterocycles. The minimum absolute atomic E-state index is 0.880. The van der Waals surface area contributed by atoms with Crippen LogP contribution in [0.1, 0.15) is 0 Å². The monoisotopic (exact) mass is 802 g/mol. The van der Waals surface area contributed by atoms with E-state index >= 15 is 0 Å². The molecule has 0 spiro atoms. The highest BCUT2D eigenvalue weighted by Gasteiger charge is 2.22. The van der Waals surface area contributed by atoms with E-state index in [1.165, 1.54) is 48.7 Å². The maximum absolute atomic E-state index is 6.70.